The molecule has 2 rings (SSSR count). The van der Waals surface area contributed by atoms with Crippen molar-refractivity contribution in [1.29, 1.82) is 0 Å². The van der Waals surface area contributed by atoms with Crippen molar-refractivity contribution in [2.24, 2.45) is 0 Å². The van der Waals surface area contributed by atoms with E-state index in [1.807, 2.05) is 24.3 Å². The highest BCUT2D eigenvalue weighted by molar-refractivity contribution is 6.30. The first kappa shape index (κ1) is 12.3. The van der Waals surface area contributed by atoms with Crippen LogP contribution in [0.4, 0.5) is 0 Å². The number of Topliss-reactive ketones (excluding diaryl/α,β-unsaturated/α-hetero) is 1. The molecule has 3 heteroatoms. The van der Waals surface area contributed by atoms with Gasteiger partial charge < -0.3 is 0 Å². The zero-order chi connectivity index (χ0) is 12.1. The highest BCUT2D eigenvalue weighted by atomic mass is 35.5. The van der Waals surface area contributed by atoms with Gasteiger partial charge in [-0.1, -0.05) is 35.9 Å². The Balaban J connectivity index is 1.81. The lowest BCUT2D eigenvalue weighted by Gasteiger charge is -2.24. The first-order chi connectivity index (χ1) is 8.24. The number of hydrogen-bond acceptors (Lipinski definition) is 2. The molecule has 0 bridgehead atoms. The van der Waals surface area contributed by atoms with Crippen LogP contribution in [0.3, 0.4) is 0 Å². The van der Waals surface area contributed by atoms with Crippen LogP contribution in [0.15, 0.2) is 30.3 Å². The van der Waals surface area contributed by atoms with E-state index in [0.29, 0.717) is 18.6 Å². The van der Waals surface area contributed by atoms with Gasteiger partial charge in [0, 0.05) is 37.5 Å². The van der Waals surface area contributed by atoms with E-state index in [2.05, 4.69) is 17.1 Å². The molecule has 0 spiro atoms. The summed E-state index contributed by atoms with van der Waals surface area (Å²) in [5.74, 6) is 0.392. The van der Waals surface area contributed by atoms with Gasteiger partial charge in [-0.15, -0.1) is 0 Å². The molecular formula is C14H16ClNO. The number of nitrogens with zero attached hydrogens (tertiary/aromatic N) is 1. The van der Waals surface area contributed by atoms with Crippen LogP contribution in [0, 0.1) is 0 Å². The minimum atomic E-state index is 0.392. The predicted molar refractivity (Wildman–Crippen MR) is 71.2 cm³/mol. The number of ketones is 1. The number of halogens is 1. The van der Waals surface area contributed by atoms with Crippen molar-refractivity contribution in [2.45, 2.75) is 12.8 Å². The molecule has 0 amide bonds. The van der Waals surface area contributed by atoms with Crippen LogP contribution in [0.5, 0.6) is 0 Å². The van der Waals surface area contributed by atoms with Crippen LogP contribution < -0.4 is 0 Å². The lowest BCUT2D eigenvalue weighted by Crippen LogP contribution is -2.33. The number of piperidine rings is 1. The summed E-state index contributed by atoms with van der Waals surface area (Å²) in [5, 5.41) is 0.761. The minimum Gasteiger partial charge on any atom is -0.300 e. The lowest BCUT2D eigenvalue weighted by molar-refractivity contribution is -0.121. The third kappa shape index (κ3) is 3.99. The van der Waals surface area contributed by atoms with Gasteiger partial charge in [0.05, 0.1) is 0 Å². The van der Waals surface area contributed by atoms with Crippen LogP contribution >= 0.6 is 11.6 Å². The second-order valence-electron chi connectivity index (χ2n) is 4.29. The minimum absolute atomic E-state index is 0.392. The van der Waals surface area contributed by atoms with E-state index in [0.717, 1.165) is 30.2 Å². The molecule has 0 atom stereocenters. The standard InChI is InChI=1S/C14H16ClNO/c15-13-5-3-12(4-6-13)2-1-9-16-10-7-14(17)8-11-16/h1-6H,7-11H2/b2-1+. The first-order valence-electron chi connectivity index (χ1n) is 5.90. The van der Waals surface area contributed by atoms with E-state index in [9.17, 15) is 4.79 Å². The van der Waals surface area contributed by atoms with Gasteiger partial charge in [0.1, 0.15) is 5.78 Å². The van der Waals surface area contributed by atoms with E-state index in [4.69, 9.17) is 11.6 Å². The quantitative estimate of drug-likeness (QED) is 0.821. The fourth-order valence-electron chi connectivity index (χ4n) is 1.90. The summed E-state index contributed by atoms with van der Waals surface area (Å²) < 4.78 is 0. The Morgan fingerprint density at radius 2 is 1.82 bits per heavy atom. The fourth-order valence-corrected chi connectivity index (χ4v) is 2.02. The summed E-state index contributed by atoms with van der Waals surface area (Å²) >= 11 is 5.82. The molecule has 2 nitrogen and oxygen atoms in total. The molecule has 1 aliphatic heterocycles. The van der Waals surface area contributed by atoms with E-state index in [-0.39, 0.29) is 0 Å². The average Bonchev–Trinajstić information content (AvgIpc) is 2.34. The molecule has 1 aliphatic rings. The molecule has 0 unspecified atom stereocenters. The third-order valence-electron chi connectivity index (χ3n) is 2.96. The van der Waals surface area contributed by atoms with Gasteiger partial charge in [0.15, 0.2) is 0 Å². The van der Waals surface area contributed by atoms with Crippen molar-refractivity contribution in [1.82, 2.24) is 4.90 Å². The van der Waals surface area contributed by atoms with E-state index < -0.39 is 0 Å². The largest absolute Gasteiger partial charge is 0.300 e. The number of rotatable bonds is 3. The van der Waals surface area contributed by atoms with Gasteiger partial charge in [-0.05, 0) is 17.7 Å². The normalized spacial score (nSPS) is 17.8. The Morgan fingerprint density at radius 1 is 1.18 bits per heavy atom. The summed E-state index contributed by atoms with van der Waals surface area (Å²) in [7, 11) is 0. The topological polar surface area (TPSA) is 20.3 Å². The van der Waals surface area contributed by atoms with Gasteiger partial charge in [-0.2, -0.15) is 0 Å². The van der Waals surface area contributed by atoms with Crippen LogP contribution in [0.25, 0.3) is 6.08 Å². The number of carbonyl (C=O) groups excluding carboxylic acids is 1. The molecule has 1 saturated heterocycles. The number of carbonyl (C=O) groups is 1. The maximum absolute atomic E-state index is 11.1. The SMILES string of the molecule is O=C1CCN(C/C=C/c2ccc(Cl)cc2)CC1. The van der Waals surface area contributed by atoms with Crippen LogP contribution in [0.1, 0.15) is 18.4 Å². The molecule has 0 saturated carbocycles. The van der Waals surface area contributed by atoms with Crippen LogP contribution in [-0.2, 0) is 4.79 Å². The van der Waals surface area contributed by atoms with Gasteiger partial charge >= 0.3 is 0 Å². The maximum Gasteiger partial charge on any atom is 0.135 e. The second-order valence-corrected chi connectivity index (χ2v) is 4.73. The van der Waals surface area contributed by atoms with Crippen molar-refractivity contribution in [3.8, 4) is 0 Å². The van der Waals surface area contributed by atoms with Crippen molar-refractivity contribution >= 4 is 23.5 Å². The molecule has 0 aromatic heterocycles. The molecular weight excluding hydrogens is 234 g/mol. The van der Waals surface area contributed by atoms with Crippen LogP contribution in [0.2, 0.25) is 5.02 Å². The predicted octanol–water partition coefficient (Wildman–Crippen LogP) is 3.02. The average molecular weight is 250 g/mol. The Labute approximate surface area is 107 Å². The molecule has 1 fully saturated rings. The summed E-state index contributed by atoms with van der Waals surface area (Å²) in [6.07, 6.45) is 5.63. The van der Waals surface area contributed by atoms with Crippen LogP contribution in [-0.4, -0.2) is 30.3 Å². The third-order valence-corrected chi connectivity index (χ3v) is 3.21. The zero-order valence-corrected chi connectivity index (χ0v) is 10.5. The summed E-state index contributed by atoms with van der Waals surface area (Å²) in [6.45, 7) is 2.70. The van der Waals surface area contributed by atoms with E-state index in [1.165, 1.54) is 0 Å². The van der Waals surface area contributed by atoms with E-state index in [1.54, 1.807) is 0 Å². The molecule has 17 heavy (non-hydrogen) atoms. The number of likely N-dealkylation sites (tertiary alicyclic amines) is 1. The summed E-state index contributed by atoms with van der Waals surface area (Å²) in [5.41, 5.74) is 1.16. The monoisotopic (exact) mass is 249 g/mol. The Kier molecular flexibility index (Phi) is 4.35. The Hall–Kier alpha value is -1.12. The van der Waals surface area contributed by atoms with Gasteiger partial charge in [-0.25, -0.2) is 0 Å². The van der Waals surface area contributed by atoms with Gasteiger partial charge in [-0.3, -0.25) is 9.69 Å². The highest BCUT2D eigenvalue weighted by Gasteiger charge is 2.14. The van der Waals surface area contributed by atoms with Gasteiger partial charge in [0.25, 0.3) is 0 Å². The second kappa shape index (κ2) is 5.99. The first-order valence-corrected chi connectivity index (χ1v) is 6.28. The number of benzene rings is 1. The van der Waals surface area contributed by atoms with E-state index >= 15 is 0 Å². The van der Waals surface area contributed by atoms with Crippen molar-refractivity contribution in [2.75, 3.05) is 19.6 Å². The maximum atomic E-state index is 11.1. The highest BCUT2D eigenvalue weighted by Crippen LogP contribution is 2.11. The molecule has 0 aliphatic carbocycles. The van der Waals surface area contributed by atoms with Crippen molar-refractivity contribution in [3.05, 3.63) is 40.9 Å². The van der Waals surface area contributed by atoms with Crippen molar-refractivity contribution in [3.63, 3.8) is 0 Å². The number of hydrogen-bond donors (Lipinski definition) is 0. The van der Waals surface area contributed by atoms with Crippen molar-refractivity contribution < 1.29 is 4.79 Å². The fraction of sp³-hybridized carbons (Fsp3) is 0.357. The summed E-state index contributed by atoms with van der Waals surface area (Å²) in [4.78, 5) is 13.4. The molecule has 1 aromatic carbocycles. The molecule has 90 valence electrons. The molecule has 0 N–H and O–H groups in total. The smallest absolute Gasteiger partial charge is 0.135 e. The lowest BCUT2D eigenvalue weighted by atomic mass is 10.1. The molecule has 1 aromatic rings. The molecule has 0 radical (unpaired) electrons. The van der Waals surface area contributed by atoms with Gasteiger partial charge in [0.2, 0.25) is 0 Å². The Bertz CT molecular complexity index is 401. The zero-order valence-electron chi connectivity index (χ0n) is 9.73. The Morgan fingerprint density at radius 3 is 2.47 bits per heavy atom. The summed E-state index contributed by atoms with van der Waals surface area (Å²) in [6, 6.07) is 7.78. The molecule has 1 heterocycles.